The van der Waals surface area contributed by atoms with Crippen molar-refractivity contribution in [2.75, 3.05) is 6.61 Å². The molecule has 0 aliphatic carbocycles. The minimum absolute atomic E-state index is 0.0756. The van der Waals surface area contributed by atoms with Crippen molar-refractivity contribution in [3.63, 3.8) is 0 Å². The Morgan fingerprint density at radius 2 is 2.33 bits per heavy atom. The number of ether oxygens (including phenoxy) is 1. The molecule has 0 saturated carbocycles. The average Bonchev–Trinajstić information content (AvgIpc) is 1.82. The van der Waals surface area contributed by atoms with Gasteiger partial charge in [-0.1, -0.05) is 0 Å². The van der Waals surface area contributed by atoms with Crippen LogP contribution in [0.1, 0.15) is 0 Å². The van der Waals surface area contributed by atoms with Crippen LogP contribution in [0, 0.1) is 0 Å². The highest BCUT2D eigenvalue weighted by molar-refractivity contribution is 5.72. The summed E-state index contributed by atoms with van der Waals surface area (Å²) in [6.45, 7) is -0.426. The van der Waals surface area contributed by atoms with Crippen LogP contribution in [0.15, 0.2) is 0 Å². The van der Waals surface area contributed by atoms with Crippen LogP contribution in [0.3, 0.4) is 0 Å². The van der Waals surface area contributed by atoms with Crippen molar-refractivity contribution >= 4 is 12.4 Å². The predicted molar refractivity (Wildman–Crippen MR) is 25.7 cm³/mol. The van der Waals surface area contributed by atoms with Crippen LogP contribution in [0.25, 0.3) is 0 Å². The SMILES string of the molecule is O=COC[C@H](O)C(=O)O. The van der Waals surface area contributed by atoms with Crippen molar-refractivity contribution < 1.29 is 24.5 Å². The molecule has 0 saturated heterocycles. The number of hydrogen-bond donors (Lipinski definition) is 2. The number of aliphatic hydroxyl groups excluding tert-OH is 1. The zero-order valence-electron chi connectivity index (χ0n) is 4.48. The molecule has 0 aliphatic rings. The summed E-state index contributed by atoms with van der Waals surface area (Å²) in [5, 5.41) is 16.3. The number of aliphatic hydroxyl groups is 1. The average molecular weight is 134 g/mol. The Morgan fingerprint density at radius 1 is 1.78 bits per heavy atom. The topological polar surface area (TPSA) is 83.8 Å². The van der Waals surface area contributed by atoms with Crippen molar-refractivity contribution in [1.29, 1.82) is 0 Å². The first-order valence-corrected chi connectivity index (χ1v) is 2.14. The third-order valence-electron chi connectivity index (χ3n) is 0.607. The Morgan fingerprint density at radius 3 is 2.67 bits per heavy atom. The normalized spacial score (nSPS) is 12.1. The number of rotatable bonds is 4. The maximum absolute atomic E-state index is 9.76. The van der Waals surface area contributed by atoms with Crippen molar-refractivity contribution in [3.8, 4) is 0 Å². The molecule has 2 N–H and O–H groups in total. The van der Waals surface area contributed by atoms with Crippen LogP contribution in [0.4, 0.5) is 0 Å². The molecule has 0 aromatic rings. The van der Waals surface area contributed by atoms with E-state index >= 15 is 0 Å². The fraction of sp³-hybridized carbons (Fsp3) is 0.500. The van der Waals surface area contributed by atoms with Gasteiger partial charge in [-0.2, -0.15) is 0 Å². The summed E-state index contributed by atoms with van der Waals surface area (Å²) < 4.78 is 3.95. The molecule has 0 aromatic heterocycles. The lowest BCUT2D eigenvalue weighted by atomic mass is 10.4. The van der Waals surface area contributed by atoms with Gasteiger partial charge in [0.2, 0.25) is 0 Å². The van der Waals surface area contributed by atoms with Crippen LogP contribution in [-0.2, 0) is 14.3 Å². The molecule has 1 atom stereocenters. The van der Waals surface area contributed by atoms with E-state index in [4.69, 9.17) is 10.2 Å². The molecule has 0 spiro atoms. The van der Waals surface area contributed by atoms with Gasteiger partial charge >= 0.3 is 5.97 Å². The van der Waals surface area contributed by atoms with Crippen LogP contribution in [0.2, 0.25) is 0 Å². The molecular formula is C4H6O5. The molecule has 9 heavy (non-hydrogen) atoms. The maximum atomic E-state index is 9.76. The van der Waals surface area contributed by atoms with E-state index in [1.54, 1.807) is 0 Å². The quantitative estimate of drug-likeness (QED) is 0.462. The minimum atomic E-state index is -1.62. The summed E-state index contributed by atoms with van der Waals surface area (Å²) in [4.78, 5) is 19.2. The van der Waals surface area contributed by atoms with Gasteiger partial charge in [-0.15, -0.1) is 0 Å². The second-order valence-corrected chi connectivity index (χ2v) is 1.28. The van der Waals surface area contributed by atoms with E-state index in [2.05, 4.69) is 4.74 Å². The fourth-order valence-corrected chi connectivity index (χ4v) is 0.202. The van der Waals surface area contributed by atoms with E-state index in [-0.39, 0.29) is 6.47 Å². The molecule has 0 aromatic carbocycles. The molecule has 0 bridgehead atoms. The molecular weight excluding hydrogens is 128 g/mol. The zero-order valence-corrected chi connectivity index (χ0v) is 4.48. The summed E-state index contributed by atoms with van der Waals surface area (Å²) in [6, 6.07) is 0. The first-order chi connectivity index (χ1) is 4.18. The minimum Gasteiger partial charge on any atom is -0.479 e. The van der Waals surface area contributed by atoms with Crippen molar-refractivity contribution in [2.24, 2.45) is 0 Å². The summed E-state index contributed by atoms with van der Waals surface area (Å²) in [5.74, 6) is -1.41. The molecule has 0 unspecified atom stereocenters. The van der Waals surface area contributed by atoms with E-state index < -0.39 is 18.7 Å². The van der Waals surface area contributed by atoms with Gasteiger partial charge < -0.3 is 14.9 Å². The lowest BCUT2D eigenvalue weighted by Gasteiger charge is -2.00. The van der Waals surface area contributed by atoms with E-state index in [1.807, 2.05) is 0 Å². The van der Waals surface area contributed by atoms with Crippen LogP contribution >= 0.6 is 0 Å². The molecule has 0 aliphatic heterocycles. The molecule has 52 valence electrons. The highest BCUT2D eigenvalue weighted by Gasteiger charge is 2.12. The van der Waals surface area contributed by atoms with Gasteiger partial charge in [-0.3, -0.25) is 4.79 Å². The Labute approximate surface area is 50.9 Å². The molecule has 0 amide bonds. The van der Waals surface area contributed by atoms with E-state index in [9.17, 15) is 9.59 Å². The fourth-order valence-electron chi connectivity index (χ4n) is 0.202. The number of carboxylic acid groups (broad SMARTS) is 1. The first kappa shape index (κ1) is 7.90. The summed E-state index contributed by atoms with van der Waals surface area (Å²) in [5.41, 5.74) is 0. The summed E-state index contributed by atoms with van der Waals surface area (Å²) >= 11 is 0. The lowest BCUT2D eigenvalue weighted by Crippen LogP contribution is -2.24. The third-order valence-corrected chi connectivity index (χ3v) is 0.607. The van der Waals surface area contributed by atoms with Crippen molar-refractivity contribution in [3.05, 3.63) is 0 Å². The monoisotopic (exact) mass is 134 g/mol. The molecule has 0 radical (unpaired) electrons. The molecule has 0 heterocycles. The maximum Gasteiger partial charge on any atom is 0.336 e. The number of carbonyl (C=O) groups is 2. The smallest absolute Gasteiger partial charge is 0.336 e. The van der Waals surface area contributed by atoms with E-state index in [1.165, 1.54) is 0 Å². The lowest BCUT2D eigenvalue weighted by molar-refractivity contribution is -0.151. The van der Waals surface area contributed by atoms with Gasteiger partial charge in [0.05, 0.1) is 0 Å². The number of carboxylic acids is 1. The molecule has 5 heteroatoms. The third kappa shape index (κ3) is 3.48. The number of hydrogen-bond acceptors (Lipinski definition) is 4. The Kier molecular flexibility index (Phi) is 3.38. The van der Waals surface area contributed by atoms with Crippen LogP contribution < -0.4 is 0 Å². The van der Waals surface area contributed by atoms with Gasteiger partial charge in [0, 0.05) is 0 Å². The largest absolute Gasteiger partial charge is 0.479 e. The van der Waals surface area contributed by atoms with Gasteiger partial charge in [0.1, 0.15) is 6.61 Å². The predicted octanol–water partition coefficient (Wildman–Crippen LogP) is -1.40. The van der Waals surface area contributed by atoms with Crippen molar-refractivity contribution in [2.45, 2.75) is 6.10 Å². The number of aliphatic carboxylic acids is 1. The van der Waals surface area contributed by atoms with Crippen LogP contribution in [-0.4, -0.2) is 35.4 Å². The molecule has 0 fully saturated rings. The molecule has 5 nitrogen and oxygen atoms in total. The van der Waals surface area contributed by atoms with Gasteiger partial charge in [0.15, 0.2) is 6.10 Å². The van der Waals surface area contributed by atoms with E-state index in [0.29, 0.717) is 0 Å². The van der Waals surface area contributed by atoms with Crippen molar-refractivity contribution in [1.82, 2.24) is 0 Å². The second-order valence-electron chi connectivity index (χ2n) is 1.28. The van der Waals surface area contributed by atoms with Gasteiger partial charge in [0.25, 0.3) is 6.47 Å². The van der Waals surface area contributed by atoms with Crippen LogP contribution in [0.5, 0.6) is 0 Å². The summed E-state index contributed by atoms with van der Waals surface area (Å²) in [7, 11) is 0. The van der Waals surface area contributed by atoms with Gasteiger partial charge in [-0.25, -0.2) is 4.79 Å². The Bertz CT molecular complexity index is 110. The standard InChI is InChI=1S/C4H6O5/c5-2-9-1-3(6)4(7)8/h2-3,6H,1H2,(H,7,8)/t3-/m0/s1. The van der Waals surface area contributed by atoms with E-state index in [0.717, 1.165) is 0 Å². The first-order valence-electron chi connectivity index (χ1n) is 2.14. The Hall–Kier alpha value is -1.10. The highest BCUT2D eigenvalue weighted by atomic mass is 16.5. The second kappa shape index (κ2) is 3.85. The Balaban J connectivity index is 3.37. The number of carbonyl (C=O) groups excluding carboxylic acids is 1. The van der Waals surface area contributed by atoms with Gasteiger partial charge in [-0.05, 0) is 0 Å². The zero-order chi connectivity index (χ0) is 7.28. The highest BCUT2D eigenvalue weighted by Crippen LogP contribution is 1.81. The molecule has 0 rings (SSSR count). The summed E-state index contributed by atoms with van der Waals surface area (Å²) in [6.07, 6.45) is -1.62.